The maximum Gasteiger partial charge on any atom is 0.154 e. The van der Waals surface area contributed by atoms with Crippen molar-refractivity contribution in [2.45, 2.75) is 51.0 Å². The lowest BCUT2D eigenvalue weighted by atomic mass is 10.00. The van der Waals surface area contributed by atoms with Crippen molar-refractivity contribution >= 4 is 11.6 Å². The van der Waals surface area contributed by atoms with Gasteiger partial charge in [-0.15, -0.1) is 0 Å². The van der Waals surface area contributed by atoms with E-state index in [9.17, 15) is 0 Å². The van der Waals surface area contributed by atoms with Gasteiger partial charge in [0.25, 0.3) is 0 Å². The lowest BCUT2D eigenvalue weighted by molar-refractivity contribution is 0.605. The lowest BCUT2D eigenvalue weighted by Crippen LogP contribution is -2.22. The number of H-pyrrole nitrogens is 1. The van der Waals surface area contributed by atoms with E-state index >= 15 is 0 Å². The number of rotatable bonds is 4. The van der Waals surface area contributed by atoms with Crippen LogP contribution in [-0.2, 0) is 6.42 Å². The average molecular weight is 228 g/mol. The van der Waals surface area contributed by atoms with Crippen LogP contribution in [0.5, 0.6) is 0 Å². The van der Waals surface area contributed by atoms with Gasteiger partial charge in [0.05, 0.1) is 0 Å². The molecule has 2 rings (SSSR count). The van der Waals surface area contributed by atoms with E-state index in [1.165, 1.54) is 0 Å². The second-order valence-corrected chi connectivity index (χ2v) is 5.28. The standard InChI is InChI=1S/C11H18ClN3/c1-7(2)9-8(10(12)15-14-9)3-4-11(13)5-6-11/h7H,3-6,13H2,1-2H3,(H,14,15). The van der Waals surface area contributed by atoms with E-state index in [0.717, 1.165) is 36.9 Å². The Hall–Kier alpha value is -0.540. The first kappa shape index (κ1) is 11.0. The molecule has 0 bridgehead atoms. The minimum atomic E-state index is 0.0921. The summed E-state index contributed by atoms with van der Waals surface area (Å²) in [5.74, 6) is 0.438. The third-order valence-corrected chi connectivity index (χ3v) is 3.50. The van der Waals surface area contributed by atoms with E-state index in [1.807, 2.05) is 0 Å². The molecule has 1 aromatic rings. The van der Waals surface area contributed by atoms with Crippen LogP contribution < -0.4 is 5.73 Å². The zero-order valence-corrected chi connectivity index (χ0v) is 10.1. The number of aromatic nitrogens is 2. The molecule has 0 aliphatic heterocycles. The Balaban J connectivity index is 2.08. The Kier molecular flexibility index (Phi) is 2.77. The molecular formula is C11H18ClN3. The topological polar surface area (TPSA) is 54.7 Å². The first-order valence-corrected chi connectivity index (χ1v) is 5.91. The molecule has 1 saturated carbocycles. The van der Waals surface area contributed by atoms with Crippen LogP contribution in [-0.4, -0.2) is 15.7 Å². The van der Waals surface area contributed by atoms with Gasteiger partial charge in [0, 0.05) is 16.8 Å². The summed E-state index contributed by atoms with van der Waals surface area (Å²) in [7, 11) is 0. The largest absolute Gasteiger partial charge is 0.325 e. The van der Waals surface area contributed by atoms with Crippen LogP contribution in [0.2, 0.25) is 5.15 Å². The normalized spacial score (nSPS) is 18.5. The summed E-state index contributed by atoms with van der Waals surface area (Å²) in [5, 5.41) is 7.68. The molecule has 3 N–H and O–H groups in total. The number of nitrogens with one attached hydrogen (secondary N) is 1. The summed E-state index contributed by atoms with van der Waals surface area (Å²) >= 11 is 6.06. The van der Waals surface area contributed by atoms with E-state index in [-0.39, 0.29) is 5.54 Å². The van der Waals surface area contributed by atoms with Gasteiger partial charge < -0.3 is 5.73 Å². The van der Waals surface area contributed by atoms with Crippen LogP contribution in [0.15, 0.2) is 0 Å². The quantitative estimate of drug-likeness (QED) is 0.831. The van der Waals surface area contributed by atoms with Crippen molar-refractivity contribution < 1.29 is 0 Å². The Bertz CT molecular complexity index is 353. The average Bonchev–Trinajstić information content (AvgIpc) is 2.76. The second-order valence-electron chi connectivity index (χ2n) is 4.92. The fraction of sp³-hybridized carbons (Fsp3) is 0.727. The van der Waals surface area contributed by atoms with Crippen molar-refractivity contribution in [3.63, 3.8) is 0 Å². The highest BCUT2D eigenvalue weighted by Crippen LogP contribution is 2.37. The Morgan fingerprint density at radius 2 is 2.20 bits per heavy atom. The van der Waals surface area contributed by atoms with Crippen LogP contribution in [0.25, 0.3) is 0 Å². The number of nitrogens with two attached hydrogens (primary N) is 1. The van der Waals surface area contributed by atoms with Gasteiger partial charge in [-0.3, -0.25) is 5.10 Å². The van der Waals surface area contributed by atoms with Crippen molar-refractivity contribution in [1.29, 1.82) is 0 Å². The van der Waals surface area contributed by atoms with Crippen molar-refractivity contribution in [3.8, 4) is 0 Å². The molecule has 1 fully saturated rings. The summed E-state index contributed by atoms with van der Waals surface area (Å²) < 4.78 is 0. The van der Waals surface area contributed by atoms with Gasteiger partial charge in [0.15, 0.2) is 5.15 Å². The first-order valence-electron chi connectivity index (χ1n) is 5.53. The number of hydrogen-bond donors (Lipinski definition) is 2. The fourth-order valence-electron chi connectivity index (χ4n) is 1.86. The molecule has 4 heteroatoms. The molecule has 1 heterocycles. The predicted molar refractivity (Wildman–Crippen MR) is 62.2 cm³/mol. The van der Waals surface area contributed by atoms with Gasteiger partial charge >= 0.3 is 0 Å². The summed E-state index contributed by atoms with van der Waals surface area (Å²) in [6.07, 6.45) is 4.27. The maximum atomic E-state index is 6.07. The van der Waals surface area contributed by atoms with E-state index in [0.29, 0.717) is 11.1 Å². The van der Waals surface area contributed by atoms with Crippen molar-refractivity contribution in [2.24, 2.45) is 5.73 Å². The highest BCUT2D eigenvalue weighted by molar-refractivity contribution is 6.30. The highest BCUT2D eigenvalue weighted by Gasteiger charge is 2.37. The summed E-state index contributed by atoms with van der Waals surface area (Å²) in [4.78, 5) is 0. The van der Waals surface area contributed by atoms with Crippen molar-refractivity contribution in [1.82, 2.24) is 10.2 Å². The highest BCUT2D eigenvalue weighted by atomic mass is 35.5. The minimum Gasteiger partial charge on any atom is -0.325 e. The smallest absolute Gasteiger partial charge is 0.154 e. The fourth-order valence-corrected chi connectivity index (χ4v) is 2.09. The molecule has 0 aromatic carbocycles. The summed E-state index contributed by atoms with van der Waals surface area (Å²) in [6.45, 7) is 4.28. The van der Waals surface area contributed by atoms with Crippen LogP contribution in [0.4, 0.5) is 0 Å². The van der Waals surface area contributed by atoms with E-state index in [2.05, 4.69) is 24.0 Å². The van der Waals surface area contributed by atoms with Crippen LogP contribution in [0.3, 0.4) is 0 Å². The van der Waals surface area contributed by atoms with Gasteiger partial charge in [-0.05, 0) is 31.6 Å². The Morgan fingerprint density at radius 1 is 1.53 bits per heavy atom. The molecular weight excluding hydrogens is 210 g/mol. The van der Waals surface area contributed by atoms with Gasteiger partial charge in [-0.1, -0.05) is 25.4 Å². The van der Waals surface area contributed by atoms with Crippen LogP contribution in [0.1, 0.15) is 50.3 Å². The molecule has 1 aliphatic carbocycles. The lowest BCUT2D eigenvalue weighted by Gasteiger charge is -2.10. The SMILES string of the molecule is CC(C)c1[nH]nc(Cl)c1CCC1(N)CC1. The van der Waals surface area contributed by atoms with E-state index in [4.69, 9.17) is 17.3 Å². The Labute approximate surface area is 95.4 Å². The number of aromatic amines is 1. The number of halogens is 1. The minimum absolute atomic E-state index is 0.0921. The monoisotopic (exact) mass is 227 g/mol. The summed E-state index contributed by atoms with van der Waals surface area (Å²) in [6, 6.07) is 0. The van der Waals surface area contributed by atoms with E-state index < -0.39 is 0 Å². The molecule has 1 aliphatic rings. The molecule has 0 saturated heterocycles. The van der Waals surface area contributed by atoms with Crippen molar-refractivity contribution in [2.75, 3.05) is 0 Å². The maximum absolute atomic E-state index is 6.07. The molecule has 0 unspecified atom stereocenters. The van der Waals surface area contributed by atoms with Gasteiger partial charge in [0.2, 0.25) is 0 Å². The molecule has 0 amide bonds. The zero-order valence-electron chi connectivity index (χ0n) is 9.31. The van der Waals surface area contributed by atoms with Crippen molar-refractivity contribution in [3.05, 3.63) is 16.4 Å². The molecule has 0 radical (unpaired) electrons. The van der Waals surface area contributed by atoms with Crippen LogP contribution in [0, 0.1) is 0 Å². The second kappa shape index (κ2) is 3.80. The van der Waals surface area contributed by atoms with Gasteiger partial charge in [0.1, 0.15) is 0 Å². The molecule has 1 aromatic heterocycles. The first-order chi connectivity index (χ1) is 7.02. The third-order valence-electron chi connectivity index (χ3n) is 3.19. The predicted octanol–water partition coefficient (Wildman–Crippen LogP) is 2.61. The number of nitrogens with zero attached hydrogens (tertiary/aromatic N) is 1. The Morgan fingerprint density at radius 3 is 2.73 bits per heavy atom. The molecule has 0 atom stereocenters. The molecule has 0 spiro atoms. The van der Waals surface area contributed by atoms with Crippen LogP contribution >= 0.6 is 11.6 Å². The van der Waals surface area contributed by atoms with E-state index in [1.54, 1.807) is 0 Å². The molecule has 15 heavy (non-hydrogen) atoms. The molecule has 3 nitrogen and oxygen atoms in total. The molecule has 84 valence electrons. The van der Waals surface area contributed by atoms with Gasteiger partial charge in [-0.25, -0.2) is 0 Å². The summed E-state index contributed by atoms with van der Waals surface area (Å²) in [5.41, 5.74) is 8.47. The zero-order chi connectivity index (χ0) is 11.1. The van der Waals surface area contributed by atoms with Gasteiger partial charge in [-0.2, -0.15) is 5.10 Å². The number of hydrogen-bond acceptors (Lipinski definition) is 2. The third kappa shape index (κ3) is 2.34.